The molecule has 1 saturated heterocycles. The summed E-state index contributed by atoms with van der Waals surface area (Å²) < 4.78 is 11.5. The molecule has 0 aromatic heterocycles. The van der Waals surface area contributed by atoms with E-state index in [9.17, 15) is 5.11 Å². The number of ether oxygens (including phenoxy) is 2. The van der Waals surface area contributed by atoms with E-state index in [1.54, 1.807) is 0 Å². The monoisotopic (exact) mass is 369 g/mol. The Morgan fingerprint density at radius 1 is 1.04 bits per heavy atom. The van der Waals surface area contributed by atoms with Crippen molar-refractivity contribution in [1.29, 1.82) is 0 Å². The fourth-order valence-corrected chi connectivity index (χ4v) is 3.81. The molecule has 0 saturated carbocycles. The molecule has 0 bridgehead atoms. The summed E-state index contributed by atoms with van der Waals surface area (Å²) in [6, 6.07) is 16.6. The summed E-state index contributed by atoms with van der Waals surface area (Å²) in [6.45, 7) is 8.01. The lowest BCUT2D eigenvalue weighted by Gasteiger charge is -2.36. The molecule has 1 N–H and O–H groups in total. The van der Waals surface area contributed by atoms with Crippen molar-refractivity contribution in [3.05, 3.63) is 59.7 Å². The van der Waals surface area contributed by atoms with Crippen LogP contribution in [0.5, 0.6) is 11.5 Å². The summed E-state index contributed by atoms with van der Waals surface area (Å²) >= 11 is 0. The van der Waals surface area contributed by atoms with Crippen LogP contribution >= 0.6 is 0 Å². The zero-order chi connectivity index (χ0) is 19.1. The van der Waals surface area contributed by atoms with Crippen LogP contribution in [0.2, 0.25) is 0 Å². The van der Waals surface area contributed by atoms with Gasteiger partial charge in [0.2, 0.25) is 0 Å². The Morgan fingerprint density at radius 3 is 2.56 bits per heavy atom. The topological polar surface area (TPSA) is 41.9 Å². The molecule has 0 radical (unpaired) electrons. The van der Waals surface area contributed by atoms with Crippen LogP contribution in [-0.2, 0) is 13.0 Å². The second-order valence-electron chi connectivity index (χ2n) is 7.18. The summed E-state index contributed by atoms with van der Waals surface area (Å²) in [5.41, 5.74) is 2.47. The first kappa shape index (κ1) is 19.7. The molecule has 0 aliphatic carbocycles. The van der Waals surface area contributed by atoms with Crippen molar-refractivity contribution in [2.45, 2.75) is 39.3 Å². The van der Waals surface area contributed by atoms with Crippen molar-refractivity contribution in [2.75, 3.05) is 26.3 Å². The fraction of sp³-hybridized carbons (Fsp3) is 0.478. The first-order valence-corrected chi connectivity index (χ1v) is 10.0. The Morgan fingerprint density at radius 2 is 1.81 bits per heavy atom. The molecule has 2 atom stereocenters. The summed E-state index contributed by atoms with van der Waals surface area (Å²) in [7, 11) is 0. The van der Waals surface area contributed by atoms with Crippen molar-refractivity contribution in [3.63, 3.8) is 0 Å². The molecule has 27 heavy (non-hydrogen) atoms. The predicted octanol–water partition coefficient (Wildman–Crippen LogP) is 3.91. The number of hydrogen-bond donors (Lipinski definition) is 1. The smallest absolute Gasteiger partial charge is 0.126 e. The van der Waals surface area contributed by atoms with Crippen molar-refractivity contribution in [2.24, 2.45) is 5.92 Å². The van der Waals surface area contributed by atoms with Crippen LogP contribution < -0.4 is 9.47 Å². The minimum Gasteiger partial charge on any atom is -0.494 e. The number of benzene rings is 2. The molecule has 3 rings (SSSR count). The number of nitrogens with zero attached hydrogens (tertiary/aromatic N) is 1. The highest BCUT2D eigenvalue weighted by atomic mass is 16.5. The van der Waals surface area contributed by atoms with Gasteiger partial charge < -0.3 is 14.6 Å². The lowest BCUT2D eigenvalue weighted by atomic mass is 9.88. The Bertz CT molecular complexity index is 704. The molecule has 4 heteroatoms. The van der Waals surface area contributed by atoms with E-state index in [2.05, 4.69) is 35.2 Å². The summed E-state index contributed by atoms with van der Waals surface area (Å²) in [4.78, 5) is 2.45. The van der Waals surface area contributed by atoms with Gasteiger partial charge >= 0.3 is 0 Å². The van der Waals surface area contributed by atoms with E-state index in [4.69, 9.17) is 9.47 Å². The molecule has 2 aromatic rings. The summed E-state index contributed by atoms with van der Waals surface area (Å²) in [6.07, 6.45) is 1.37. The molecule has 146 valence electrons. The van der Waals surface area contributed by atoms with Gasteiger partial charge in [-0.05, 0) is 43.9 Å². The highest BCUT2D eigenvalue weighted by molar-refractivity contribution is 5.41. The predicted molar refractivity (Wildman–Crippen MR) is 108 cm³/mol. The van der Waals surface area contributed by atoms with Crippen LogP contribution in [0.4, 0.5) is 0 Å². The van der Waals surface area contributed by atoms with Gasteiger partial charge in [-0.15, -0.1) is 0 Å². The first-order valence-electron chi connectivity index (χ1n) is 10.0. The zero-order valence-electron chi connectivity index (χ0n) is 16.4. The molecular weight excluding hydrogens is 338 g/mol. The van der Waals surface area contributed by atoms with Crippen LogP contribution in [-0.4, -0.2) is 42.4 Å². The zero-order valence-corrected chi connectivity index (χ0v) is 16.4. The number of hydrogen-bond acceptors (Lipinski definition) is 4. The molecule has 1 aliphatic rings. The molecule has 2 aromatic carbocycles. The second kappa shape index (κ2) is 9.77. The summed E-state index contributed by atoms with van der Waals surface area (Å²) in [5, 5.41) is 10.6. The summed E-state index contributed by atoms with van der Waals surface area (Å²) in [5.74, 6) is 1.91. The normalized spacial score (nSPS) is 20.4. The van der Waals surface area contributed by atoms with Gasteiger partial charge in [-0.1, -0.05) is 36.4 Å². The number of piperidine rings is 1. The van der Waals surface area contributed by atoms with Crippen molar-refractivity contribution >= 4 is 0 Å². The van der Waals surface area contributed by atoms with Gasteiger partial charge in [-0.3, -0.25) is 4.90 Å². The van der Waals surface area contributed by atoms with Gasteiger partial charge in [-0.25, -0.2) is 0 Å². The Labute approximate surface area is 162 Å². The minimum atomic E-state index is -0.266. The van der Waals surface area contributed by atoms with Crippen molar-refractivity contribution < 1.29 is 14.6 Å². The average Bonchev–Trinajstić information content (AvgIpc) is 2.68. The van der Waals surface area contributed by atoms with Crippen molar-refractivity contribution in [3.8, 4) is 11.5 Å². The average molecular weight is 370 g/mol. The number of likely N-dealkylation sites (tertiary alicyclic amines) is 1. The largest absolute Gasteiger partial charge is 0.494 e. The van der Waals surface area contributed by atoms with Crippen molar-refractivity contribution in [1.82, 2.24) is 4.90 Å². The molecule has 1 fully saturated rings. The lowest BCUT2D eigenvalue weighted by molar-refractivity contribution is 0.0237. The van der Waals surface area contributed by atoms with Crippen LogP contribution in [0.25, 0.3) is 0 Å². The maximum atomic E-state index is 10.6. The van der Waals surface area contributed by atoms with E-state index in [1.165, 1.54) is 5.56 Å². The van der Waals surface area contributed by atoms with E-state index >= 15 is 0 Å². The molecule has 1 aliphatic heterocycles. The molecular formula is C23H31NO3. The molecule has 0 spiro atoms. The second-order valence-corrected chi connectivity index (χ2v) is 7.18. The van der Waals surface area contributed by atoms with Gasteiger partial charge in [0.25, 0.3) is 0 Å². The number of aliphatic hydroxyl groups is 1. The van der Waals surface area contributed by atoms with Gasteiger partial charge in [0.05, 0.1) is 19.3 Å². The van der Waals surface area contributed by atoms with E-state index in [0.29, 0.717) is 13.2 Å². The lowest BCUT2D eigenvalue weighted by Crippen LogP contribution is -2.43. The maximum absolute atomic E-state index is 10.6. The highest BCUT2D eigenvalue weighted by Gasteiger charge is 2.28. The van der Waals surface area contributed by atoms with E-state index in [-0.39, 0.29) is 12.0 Å². The SMILES string of the molecule is CCOc1ccc(CC2CN(Cc3ccccc3)CCC2O)c(OCC)c1. The highest BCUT2D eigenvalue weighted by Crippen LogP contribution is 2.30. The third-order valence-electron chi connectivity index (χ3n) is 5.16. The maximum Gasteiger partial charge on any atom is 0.126 e. The van der Waals surface area contributed by atoms with Crippen LogP contribution in [0.15, 0.2) is 48.5 Å². The Balaban J connectivity index is 1.69. The molecule has 1 heterocycles. The van der Waals surface area contributed by atoms with Crippen LogP contribution in [0.1, 0.15) is 31.4 Å². The third kappa shape index (κ3) is 5.47. The van der Waals surface area contributed by atoms with Gasteiger partial charge in [0.15, 0.2) is 0 Å². The Kier molecular flexibility index (Phi) is 7.13. The van der Waals surface area contributed by atoms with Gasteiger partial charge in [0.1, 0.15) is 11.5 Å². The quantitative estimate of drug-likeness (QED) is 0.766. The molecule has 4 nitrogen and oxygen atoms in total. The number of rotatable bonds is 8. The third-order valence-corrected chi connectivity index (χ3v) is 5.16. The van der Waals surface area contributed by atoms with E-state index in [0.717, 1.165) is 49.5 Å². The fourth-order valence-electron chi connectivity index (χ4n) is 3.81. The molecule has 2 unspecified atom stereocenters. The van der Waals surface area contributed by atoms with E-state index < -0.39 is 0 Å². The number of aliphatic hydroxyl groups excluding tert-OH is 1. The van der Waals surface area contributed by atoms with Gasteiger partial charge in [0, 0.05) is 31.6 Å². The van der Waals surface area contributed by atoms with E-state index in [1.807, 2.05) is 32.0 Å². The minimum absolute atomic E-state index is 0.208. The molecule has 0 amide bonds. The van der Waals surface area contributed by atoms with Crippen LogP contribution in [0, 0.1) is 5.92 Å². The Hall–Kier alpha value is -2.04. The van der Waals surface area contributed by atoms with Gasteiger partial charge in [-0.2, -0.15) is 0 Å². The van der Waals surface area contributed by atoms with Crippen LogP contribution in [0.3, 0.4) is 0 Å². The first-order chi connectivity index (χ1) is 13.2. The standard InChI is InChI=1S/C23H31NO3/c1-3-26-21-11-10-19(23(15-21)27-4-2)14-20-17-24(13-12-22(20)25)16-18-8-6-5-7-9-18/h5-11,15,20,22,25H,3-4,12-14,16-17H2,1-2H3.